The molecular weight excluding hydrogens is 502 g/mol. The van der Waals surface area contributed by atoms with Gasteiger partial charge in [0.25, 0.3) is 0 Å². The molecule has 1 fully saturated rings. The molecule has 0 unspecified atom stereocenters. The maximum Gasteiger partial charge on any atom is 2.00 e. The molecule has 2 aromatic rings. The van der Waals surface area contributed by atoms with Gasteiger partial charge in [0, 0.05) is 18.0 Å². The Kier molecular flexibility index (Phi) is 9.77. The van der Waals surface area contributed by atoms with Crippen LogP contribution in [0.3, 0.4) is 0 Å². The average Bonchev–Trinajstić information content (AvgIpc) is 2.55. The normalized spacial score (nSPS) is 15.0. The summed E-state index contributed by atoms with van der Waals surface area (Å²) in [4.78, 5) is 1.58. The van der Waals surface area contributed by atoms with Crippen LogP contribution in [-0.2, 0) is 15.6 Å². The van der Waals surface area contributed by atoms with E-state index in [9.17, 15) is 0 Å². The molecule has 1 saturated heterocycles. The van der Waals surface area contributed by atoms with Gasteiger partial charge in [0.1, 0.15) is 11.5 Å². The van der Waals surface area contributed by atoms with E-state index in [0.29, 0.717) is 17.5 Å². The SMILES string of the molecule is [CH2-]COC.[U+2].[c-]1ccc([S+]2CCCCC2)c2ccccc12. The van der Waals surface area contributed by atoms with Crippen molar-refractivity contribution < 1.29 is 35.9 Å². The molecule has 3 rings (SSSR count). The summed E-state index contributed by atoms with van der Waals surface area (Å²) in [7, 11) is 2.12. The van der Waals surface area contributed by atoms with Crippen LogP contribution in [0.4, 0.5) is 0 Å². The fourth-order valence-electron chi connectivity index (χ4n) is 2.42. The second kappa shape index (κ2) is 10.7. The zero-order valence-electron chi connectivity index (χ0n) is 12.7. The molecule has 0 amide bonds. The smallest absolute Gasteiger partial charge is 0.417 e. The zero-order valence-corrected chi connectivity index (χ0v) is 17.7. The second-order valence-electron chi connectivity index (χ2n) is 4.84. The Bertz CT molecular complexity index is 516. The molecule has 1 aliphatic heterocycles. The summed E-state index contributed by atoms with van der Waals surface area (Å²) in [6, 6.07) is 16.4. The van der Waals surface area contributed by atoms with Gasteiger partial charge in [-0.25, -0.2) is 0 Å². The third-order valence-corrected chi connectivity index (χ3v) is 6.00. The molecule has 0 aromatic heterocycles. The third kappa shape index (κ3) is 5.64. The monoisotopic (exact) mass is 525 g/mol. The Labute approximate surface area is 155 Å². The van der Waals surface area contributed by atoms with Crippen LogP contribution in [-0.4, -0.2) is 25.2 Å². The number of benzene rings is 2. The standard InChI is InChI=1S/C15H16S.C3H7O.U/c1-4-11-16(12-5-1)15-10-6-8-13-7-2-3-9-14(13)15;1-3-4-2;/h2-3,6-7,9-10H,1,4-5,11-12H2;1,3H2,2H3;/q;-1;+2. The van der Waals surface area contributed by atoms with E-state index in [1.807, 2.05) is 0 Å². The summed E-state index contributed by atoms with van der Waals surface area (Å²) in [5.74, 6) is 2.79. The molecule has 0 spiro atoms. The molecule has 1 aliphatic rings. The maximum atomic E-state index is 4.43. The van der Waals surface area contributed by atoms with E-state index in [1.54, 1.807) is 12.0 Å². The van der Waals surface area contributed by atoms with E-state index >= 15 is 0 Å². The molecule has 0 saturated carbocycles. The second-order valence-corrected chi connectivity index (χ2v) is 7.08. The van der Waals surface area contributed by atoms with Crippen LogP contribution in [0, 0.1) is 44.1 Å². The Morgan fingerprint density at radius 3 is 2.48 bits per heavy atom. The summed E-state index contributed by atoms with van der Waals surface area (Å²) >= 11 is 0. The molecule has 0 aliphatic carbocycles. The average molecular weight is 525 g/mol. The third-order valence-electron chi connectivity index (χ3n) is 3.46. The first-order chi connectivity index (χ1) is 9.86. The molecule has 0 radical (unpaired) electrons. The fraction of sp³-hybridized carbons (Fsp3) is 0.389. The van der Waals surface area contributed by atoms with E-state index < -0.39 is 0 Å². The Morgan fingerprint density at radius 2 is 1.81 bits per heavy atom. The Balaban J connectivity index is 0.000000397. The van der Waals surface area contributed by atoms with Crippen molar-refractivity contribution in [2.45, 2.75) is 24.2 Å². The quantitative estimate of drug-likeness (QED) is 0.421. The number of rotatable bonds is 2. The van der Waals surface area contributed by atoms with Crippen LogP contribution < -0.4 is 0 Å². The van der Waals surface area contributed by atoms with Crippen molar-refractivity contribution in [3.05, 3.63) is 49.4 Å². The van der Waals surface area contributed by atoms with Gasteiger partial charge in [-0.05, 0) is 19.3 Å². The minimum Gasteiger partial charge on any atom is -0.417 e. The Morgan fingerprint density at radius 1 is 1.14 bits per heavy atom. The first-order valence-corrected chi connectivity index (χ1v) is 8.78. The van der Waals surface area contributed by atoms with Gasteiger partial charge in [-0.1, -0.05) is 30.2 Å². The fourth-order valence-corrected chi connectivity index (χ4v) is 4.92. The first kappa shape index (κ1) is 19.1. The minimum absolute atomic E-state index is 0. The molecule has 3 heteroatoms. The van der Waals surface area contributed by atoms with Gasteiger partial charge in [-0.3, -0.25) is 0 Å². The van der Waals surface area contributed by atoms with E-state index in [4.69, 9.17) is 0 Å². The van der Waals surface area contributed by atoms with Crippen LogP contribution >= 0.6 is 0 Å². The van der Waals surface area contributed by atoms with Gasteiger partial charge >= 0.3 is 31.1 Å². The van der Waals surface area contributed by atoms with Crippen LogP contribution in [0.1, 0.15) is 19.3 Å². The molecule has 0 bridgehead atoms. The Hall–Kier alpha value is 0.0619. The van der Waals surface area contributed by atoms with Crippen molar-refractivity contribution in [3.63, 3.8) is 0 Å². The molecule has 0 N–H and O–H groups in total. The van der Waals surface area contributed by atoms with Crippen molar-refractivity contribution in [2.24, 2.45) is 0 Å². The molecular formula is C18H23OSU+. The van der Waals surface area contributed by atoms with Crippen molar-refractivity contribution in [2.75, 3.05) is 25.2 Å². The number of fused-ring (bicyclic) bond motifs is 1. The number of hydrogen-bond acceptors (Lipinski definition) is 1. The molecule has 2 aromatic carbocycles. The predicted molar refractivity (Wildman–Crippen MR) is 89.2 cm³/mol. The van der Waals surface area contributed by atoms with E-state index in [-0.39, 0.29) is 31.1 Å². The van der Waals surface area contributed by atoms with Gasteiger partial charge < -0.3 is 11.7 Å². The molecule has 21 heavy (non-hydrogen) atoms. The summed E-state index contributed by atoms with van der Waals surface area (Å²) < 4.78 is 4.43. The predicted octanol–water partition coefficient (Wildman–Crippen LogP) is 4.27. The molecule has 1 nitrogen and oxygen atoms in total. The van der Waals surface area contributed by atoms with Crippen molar-refractivity contribution in [1.82, 2.24) is 0 Å². The van der Waals surface area contributed by atoms with Gasteiger partial charge in [0.05, 0.1) is 4.90 Å². The van der Waals surface area contributed by atoms with E-state index in [0.717, 1.165) is 0 Å². The number of ether oxygens (including phenoxy) is 1. The maximum absolute atomic E-state index is 4.43. The molecule has 0 atom stereocenters. The van der Waals surface area contributed by atoms with Gasteiger partial charge in [-0.15, -0.1) is 29.7 Å². The zero-order chi connectivity index (χ0) is 14.2. The topological polar surface area (TPSA) is 9.23 Å². The summed E-state index contributed by atoms with van der Waals surface area (Å²) in [6.45, 7) is 3.95. The van der Waals surface area contributed by atoms with Crippen molar-refractivity contribution in [1.29, 1.82) is 0 Å². The minimum atomic E-state index is 0. The van der Waals surface area contributed by atoms with E-state index in [2.05, 4.69) is 54.1 Å². The van der Waals surface area contributed by atoms with Crippen LogP contribution in [0.15, 0.2) is 41.3 Å². The van der Waals surface area contributed by atoms with Crippen molar-refractivity contribution in [3.8, 4) is 0 Å². The van der Waals surface area contributed by atoms with E-state index in [1.165, 1.54) is 41.5 Å². The largest absolute Gasteiger partial charge is 2.00 e. The molecule has 1 heterocycles. The van der Waals surface area contributed by atoms with Crippen LogP contribution in [0.5, 0.6) is 0 Å². The number of methoxy groups -OCH3 is 1. The first-order valence-electron chi connectivity index (χ1n) is 7.22. The summed E-state index contributed by atoms with van der Waals surface area (Å²) in [5.41, 5.74) is 0. The van der Waals surface area contributed by atoms with Gasteiger partial charge in [-0.2, -0.15) is 0 Å². The van der Waals surface area contributed by atoms with Gasteiger partial charge in [0.2, 0.25) is 0 Å². The molecule has 110 valence electrons. The van der Waals surface area contributed by atoms with Crippen LogP contribution in [0.2, 0.25) is 0 Å². The van der Waals surface area contributed by atoms with Crippen LogP contribution in [0.25, 0.3) is 10.8 Å². The summed E-state index contributed by atoms with van der Waals surface area (Å²) in [6.07, 6.45) is 4.26. The van der Waals surface area contributed by atoms with Crippen molar-refractivity contribution >= 4 is 21.7 Å². The van der Waals surface area contributed by atoms with Gasteiger partial charge in [0.15, 0.2) is 0 Å². The summed E-state index contributed by atoms with van der Waals surface area (Å²) in [5, 5.41) is 2.70. The number of hydrogen-bond donors (Lipinski definition) is 0.